The highest BCUT2D eigenvalue weighted by Gasteiger charge is 2.01. The minimum absolute atomic E-state index is 0.663. The second kappa shape index (κ2) is 6.35. The molecule has 0 fully saturated rings. The molecule has 0 radical (unpaired) electrons. The molecular weight excluding hydrogens is 248 g/mol. The molecule has 0 saturated carbocycles. The summed E-state index contributed by atoms with van der Waals surface area (Å²) in [6.07, 6.45) is 2.59. The van der Waals surface area contributed by atoms with Gasteiger partial charge < -0.3 is 14.9 Å². The predicted molar refractivity (Wildman–Crippen MR) is 72.9 cm³/mol. The van der Waals surface area contributed by atoms with Gasteiger partial charge in [0.05, 0.1) is 12.3 Å². The van der Waals surface area contributed by atoms with Crippen LogP contribution in [0.15, 0.2) is 40.2 Å². The largest absolute Gasteiger partial charge is 0.493 e. The Labute approximate surface area is 111 Å². The van der Waals surface area contributed by atoms with Gasteiger partial charge in [0.1, 0.15) is 12.0 Å². The Morgan fingerprint density at radius 2 is 2.33 bits per heavy atom. The Morgan fingerprint density at radius 1 is 1.44 bits per heavy atom. The van der Waals surface area contributed by atoms with Gasteiger partial charge >= 0.3 is 0 Å². The van der Waals surface area contributed by atoms with E-state index in [1.165, 1.54) is 0 Å². The molecule has 0 aliphatic rings. The van der Waals surface area contributed by atoms with Crippen molar-refractivity contribution in [2.45, 2.75) is 18.6 Å². The van der Waals surface area contributed by atoms with Crippen LogP contribution in [-0.4, -0.2) is 17.3 Å². The second-order valence-electron chi connectivity index (χ2n) is 3.88. The molecule has 0 aliphatic carbocycles. The molecule has 0 atom stereocenters. The zero-order valence-electron chi connectivity index (χ0n) is 10.3. The van der Waals surface area contributed by atoms with Gasteiger partial charge in [-0.05, 0) is 25.5 Å². The number of benzene rings is 1. The molecule has 0 aliphatic heterocycles. The summed E-state index contributed by atoms with van der Waals surface area (Å²) >= 11 is 1.60. The molecular formula is C13H16N2O2S. The van der Waals surface area contributed by atoms with Crippen LogP contribution < -0.4 is 10.5 Å². The van der Waals surface area contributed by atoms with E-state index >= 15 is 0 Å². The Morgan fingerprint density at radius 3 is 3.06 bits per heavy atom. The van der Waals surface area contributed by atoms with Crippen LogP contribution in [0.2, 0.25) is 0 Å². The summed E-state index contributed by atoms with van der Waals surface area (Å²) in [4.78, 5) is 4.22. The highest BCUT2D eigenvalue weighted by Crippen LogP contribution is 2.18. The quantitative estimate of drug-likeness (QED) is 0.493. The van der Waals surface area contributed by atoms with Gasteiger partial charge in [-0.1, -0.05) is 17.8 Å². The first-order chi connectivity index (χ1) is 8.74. The van der Waals surface area contributed by atoms with E-state index in [1.54, 1.807) is 18.0 Å². The fourth-order valence-electron chi connectivity index (χ4n) is 1.41. The van der Waals surface area contributed by atoms with E-state index in [2.05, 4.69) is 4.98 Å². The summed E-state index contributed by atoms with van der Waals surface area (Å²) in [5, 5.41) is 0.719. The van der Waals surface area contributed by atoms with Crippen molar-refractivity contribution in [3.63, 3.8) is 0 Å². The van der Waals surface area contributed by atoms with Gasteiger partial charge in [0.25, 0.3) is 5.22 Å². The van der Waals surface area contributed by atoms with Crippen molar-refractivity contribution in [2.24, 2.45) is 0 Å². The van der Waals surface area contributed by atoms with Crippen molar-refractivity contribution in [1.29, 1.82) is 0 Å². The molecule has 2 aromatic rings. The normalized spacial score (nSPS) is 10.5. The van der Waals surface area contributed by atoms with Crippen molar-refractivity contribution >= 4 is 17.4 Å². The fraction of sp³-hybridized carbons (Fsp3) is 0.308. The van der Waals surface area contributed by atoms with E-state index in [4.69, 9.17) is 14.9 Å². The summed E-state index contributed by atoms with van der Waals surface area (Å²) in [6, 6.07) is 7.45. The Kier molecular flexibility index (Phi) is 4.52. The summed E-state index contributed by atoms with van der Waals surface area (Å²) < 4.78 is 10.8. The molecule has 1 heterocycles. The number of aromatic nitrogens is 1. The van der Waals surface area contributed by atoms with Crippen molar-refractivity contribution in [3.05, 3.63) is 36.2 Å². The van der Waals surface area contributed by atoms with Gasteiger partial charge in [-0.3, -0.25) is 0 Å². The first kappa shape index (κ1) is 12.8. The maximum atomic E-state index is 5.66. The van der Waals surface area contributed by atoms with Gasteiger partial charge in [0.2, 0.25) is 0 Å². The average Bonchev–Trinajstić information content (AvgIpc) is 2.75. The number of ether oxygens (including phenoxy) is 1. The summed E-state index contributed by atoms with van der Waals surface area (Å²) in [5.74, 6) is 1.73. The SMILES string of the molecule is Cc1coc(SCCCOc2cccc(N)c2)n1. The average molecular weight is 264 g/mol. The first-order valence-electron chi connectivity index (χ1n) is 5.77. The van der Waals surface area contributed by atoms with Crippen LogP contribution in [-0.2, 0) is 0 Å². The molecule has 1 aromatic heterocycles. The van der Waals surface area contributed by atoms with Gasteiger partial charge in [-0.25, -0.2) is 4.98 Å². The number of hydrogen-bond acceptors (Lipinski definition) is 5. The van der Waals surface area contributed by atoms with E-state index < -0.39 is 0 Å². The molecule has 96 valence electrons. The van der Waals surface area contributed by atoms with Crippen molar-refractivity contribution in [2.75, 3.05) is 18.1 Å². The number of oxazole rings is 1. The topological polar surface area (TPSA) is 61.3 Å². The Bertz CT molecular complexity index is 499. The van der Waals surface area contributed by atoms with Gasteiger partial charge in [-0.15, -0.1) is 0 Å². The zero-order chi connectivity index (χ0) is 12.8. The second-order valence-corrected chi connectivity index (χ2v) is 4.92. The maximum absolute atomic E-state index is 5.66. The minimum Gasteiger partial charge on any atom is -0.493 e. The standard InChI is InChI=1S/C13H16N2O2S/c1-10-9-17-13(15-10)18-7-3-6-16-12-5-2-4-11(14)8-12/h2,4-5,8-9H,3,6-7,14H2,1H3. The third kappa shape index (κ3) is 4.00. The van der Waals surface area contributed by atoms with Crippen LogP contribution in [0.3, 0.4) is 0 Å². The lowest BCUT2D eigenvalue weighted by atomic mass is 10.3. The Balaban J connectivity index is 1.64. The molecule has 0 unspecified atom stereocenters. The van der Waals surface area contributed by atoms with Crippen LogP contribution in [0.5, 0.6) is 5.75 Å². The number of anilines is 1. The molecule has 4 nitrogen and oxygen atoms in total. The Hall–Kier alpha value is -1.62. The van der Waals surface area contributed by atoms with E-state index in [0.717, 1.165) is 34.5 Å². The lowest BCUT2D eigenvalue weighted by molar-refractivity contribution is 0.318. The molecule has 1 aromatic carbocycles. The highest BCUT2D eigenvalue weighted by atomic mass is 32.2. The van der Waals surface area contributed by atoms with Crippen LogP contribution >= 0.6 is 11.8 Å². The van der Waals surface area contributed by atoms with Gasteiger partial charge in [-0.2, -0.15) is 0 Å². The summed E-state index contributed by atoms with van der Waals surface area (Å²) in [5.41, 5.74) is 7.29. The molecule has 18 heavy (non-hydrogen) atoms. The van der Waals surface area contributed by atoms with Crippen LogP contribution in [0, 0.1) is 6.92 Å². The van der Waals surface area contributed by atoms with Crippen LogP contribution in [0.4, 0.5) is 5.69 Å². The summed E-state index contributed by atoms with van der Waals surface area (Å²) in [7, 11) is 0. The fourth-order valence-corrected chi connectivity index (χ4v) is 2.17. The van der Waals surface area contributed by atoms with Crippen LogP contribution in [0.1, 0.15) is 12.1 Å². The number of nitrogen functional groups attached to an aromatic ring is 1. The minimum atomic E-state index is 0.663. The number of aryl methyl sites for hydroxylation is 1. The number of nitrogens with two attached hydrogens (primary N) is 1. The van der Waals surface area contributed by atoms with E-state index in [9.17, 15) is 0 Å². The molecule has 2 N–H and O–H groups in total. The van der Waals surface area contributed by atoms with Crippen molar-refractivity contribution in [1.82, 2.24) is 4.98 Å². The van der Waals surface area contributed by atoms with E-state index in [1.807, 2.05) is 31.2 Å². The van der Waals surface area contributed by atoms with Crippen molar-refractivity contribution < 1.29 is 9.15 Å². The number of rotatable bonds is 6. The molecule has 0 amide bonds. The molecule has 0 saturated heterocycles. The van der Waals surface area contributed by atoms with E-state index in [-0.39, 0.29) is 0 Å². The first-order valence-corrected chi connectivity index (χ1v) is 6.76. The lowest BCUT2D eigenvalue weighted by Crippen LogP contribution is -1.99. The van der Waals surface area contributed by atoms with Crippen molar-refractivity contribution in [3.8, 4) is 5.75 Å². The molecule has 2 rings (SSSR count). The van der Waals surface area contributed by atoms with Gasteiger partial charge in [0.15, 0.2) is 0 Å². The molecule has 0 bridgehead atoms. The number of hydrogen-bond donors (Lipinski definition) is 1. The third-order valence-corrected chi connectivity index (χ3v) is 3.17. The third-order valence-electron chi connectivity index (χ3n) is 2.24. The highest BCUT2D eigenvalue weighted by molar-refractivity contribution is 7.99. The monoisotopic (exact) mass is 264 g/mol. The molecule has 0 spiro atoms. The number of nitrogens with zero attached hydrogens (tertiary/aromatic N) is 1. The van der Waals surface area contributed by atoms with Gasteiger partial charge in [0, 0.05) is 17.5 Å². The zero-order valence-corrected chi connectivity index (χ0v) is 11.1. The maximum Gasteiger partial charge on any atom is 0.255 e. The van der Waals surface area contributed by atoms with Crippen LogP contribution in [0.25, 0.3) is 0 Å². The van der Waals surface area contributed by atoms with E-state index in [0.29, 0.717) is 6.61 Å². The smallest absolute Gasteiger partial charge is 0.255 e. The molecule has 5 heteroatoms. The summed E-state index contributed by atoms with van der Waals surface area (Å²) in [6.45, 7) is 2.58. The predicted octanol–water partition coefficient (Wildman–Crippen LogP) is 3.13. The number of thioether (sulfide) groups is 1. The lowest BCUT2D eigenvalue weighted by Gasteiger charge is -2.05.